The van der Waals surface area contributed by atoms with Crippen LogP contribution in [0.2, 0.25) is 0 Å². The summed E-state index contributed by atoms with van der Waals surface area (Å²) >= 11 is 5.28. The van der Waals surface area contributed by atoms with E-state index in [-0.39, 0.29) is 0 Å². The second-order valence-corrected chi connectivity index (χ2v) is 9.60. The molecule has 0 saturated heterocycles. The summed E-state index contributed by atoms with van der Waals surface area (Å²) in [6, 6.07) is 12.0. The van der Waals surface area contributed by atoms with E-state index < -0.39 is 5.60 Å². The second kappa shape index (κ2) is 8.20. The number of fused-ring (bicyclic) bond motifs is 1. The van der Waals surface area contributed by atoms with Crippen LogP contribution < -0.4 is 11.1 Å². The fraction of sp³-hybridized carbons (Fsp3) is 0.280. The maximum Gasteiger partial charge on any atom is 0.177 e. The molecule has 1 saturated carbocycles. The first kappa shape index (κ1) is 21.5. The van der Waals surface area contributed by atoms with E-state index in [0.29, 0.717) is 23.1 Å². The summed E-state index contributed by atoms with van der Waals surface area (Å²) in [5.41, 5.74) is 12.4. The van der Waals surface area contributed by atoms with E-state index in [1.165, 1.54) is 5.56 Å². The number of nitrogens with one attached hydrogen (secondary N) is 1. The summed E-state index contributed by atoms with van der Waals surface area (Å²) in [6.07, 6.45) is 7.64. The Kier molecular flexibility index (Phi) is 5.34. The number of rotatable bonds is 7. The minimum atomic E-state index is -0.873. The van der Waals surface area contributed by atoms with Crippen molar-refractivity contribution in [3.05, 3.63) is 66.1 Å². The zero-order chi connectivity index (χ0) is 23.2. The maximum absolute atomic E-state index is 10.2. The summed E-state index contributed by atoms with van der Waals surface area (Å²) in [5.74, 6) is 0.505. The SMILES string of the molecule is CC(C)(O)CNc1cc(-c2ccncc2)nn2c(-c3ccc(C(N)=S)c(C4CC4)c3)cnc12. The minimum Gasteiger partial charge on any atom is -0.389 e. The van der Waals surface area contributed by atoms with Gasteiger partial charge in [0.05, 0.1) is 28.9 Å². The standard InChI is InChI=1S/C25H26N6OS/c1-25(2,32)14-29-21-12-20(16-7-9-27-10-8-16)30-31-22(13-28-24(21)31)17-5-6-18(23(26)33)19(11-17)15-3-4-15/h5-13,15,29,32H,3-4,14H2,1-2H3,(H2,26,33). The number of hydrogen-bond acceptors (Lipinski definition) is 6. The van der Waals surface area contributed by atoms with Crippen molar-refractivity contribution in [2.24, 2.45) is 5.73 Å². The smallest absolute Gasteiger partial charge is 0.177 e. The molecule has 33 heavy (non-hydrogen) atoms. The van der Waals surface area contributed by atoms with E-state index >= 15 is 0 Å². The third-order valence-electron chi connectivity index (χ3n) is 5.79. The molecule has 0 bridgehead atoms. The molecule has 0 radical (unpaired) electrons. The molecule has 3 heterocycles. The highest BCUT2D eigenvalue weighted by atomic mass is 32.1. The van der Waals surface area contributed by atoms with Crippen molar-refractivity contribution >= 4 is 28.5 Å². The van der Waals surface area contributed by atoms with E-state index in [4.69, 9.17) is 23.1 Å². The Hall–Kier alpha value is -3.36. The maximum atomic E-state index is 10.2. The van der Waals surface area contributed by atoms with Gasteiger partial charge in [0.2, 0.25) is 0 Å². The van der Waals surface area contributed by atoms with Crippen LogP contribution in [-0.4, -0.2) is 41.8 Å². The fourth-order valence-electron chi connectivity index (χ4n) is 3.95. The van der Waals surface area contributed by atoms with Crippen LogP contribution in [0, 0.1) is 0 Å². The third kappa shape index (κ3) is 4.44. The molecule has 1 aliphatic rings. The Labute approximate surface area is 197 Å². The largest absolute Gasteiger partial charge is 0.389 e. The number of pyridine rings is 1. The van der Waals surface area contributed by atoms with Crippen molar-refractivity contribution in [1.82, 2.24) is 19.6 Å². The van der Waals surface area contributed by atoms with E-state index in [0.717, 1.165) is 46.6 Å². The van der Waals surface area contributed by atoms with Gasteiger partial charge < -0.3 is 16.2 Å². The van der Waals surface area contributed by atoms with Gasteiger partial charge in [0.1, 0.15) is 4.99 Å². The van der Waals surface area contributed by atoms with Gasteiger partial charge >= 0.3 is 0 Å². The molecule has 4 N–H and O–H groups in total. The molecule has 7 nitrogen and oxygen atoms in total. The predicted octanol–water partition coefficient (Wildman–Crippen LogP) is 4.15. The lowest BCUT2D eigenvalue weighted by Crippen LogP contribution is -2.29. The van der Waals surface area contributed by atoms with E-state index in [1.807, 2.05) is 41.0 Å². The van der Waals surface area contributed by atoms with Crippen molar-refractivity contribution in [3.63, 3.8) is 0 Å². The average molecular weight is 459 g/mol. The molecule has 5 rings (SSSR count). The Morgan fingerprint density at radius 2 is 1.94 bits per heavy atom. The van der Waals surface area contributed by atoms with Crippen molar-refractivity contribution in [3.8, 4) is 22.5 Å². The van der Waals surface area contributed by atoms with Crippen molar-refractivity contribution in [2.45, 2.75) is 38.2 Å². The molecule has 0 aliphatic heterocycles. The van der Waals surface area contributed by atoms with Crippen molar-refractivity contribution in [2.75, 3.05) is 11.9 Å². The van der Waals surface area contributed by atoms with Crippen LogP contribution >= 0.6 is 12.2 Å². The number of nitrogens with two attached hydrogens (primary N) is 1. The Bertz CT molecular complexity index is 1340. The van der Waals surface area contributed by atoms with Gasteiger partial charge in [-0.2, -0.15) is 5.10 Å². The quantitative estimate of drug-likeness (QED) is 0.358. The summed E-state index contributed by atoms with van der Waals surface area (Å²) in [7, 11) is 0. The Morgan fingerprint density at radius 3 is 2.61 bits per heavy atom. The topological polar surface area (TPSA) is 101 Å². The van der Waals surface area contributed by atoms with Gasteiger partial charge in [0.15, 0.2) is 5.65 Å². The lowest BCUT2D eigenvalue weighted by Gasteiger charge is -2.19. The zero-order valence-electron chi connectivity index (χ0n) is 18.6. The van der Waals surface area contributed by atoms with Crippen LogP contribution in [0.5, 0.6) is 0 Å². The summed E-state index contributed by atoms with van der Waals surface area (Å²) in [5, 5.41) is 18.5. The van der Waals surface area contributed by atoms with E-state index in [9.17, 15) is 5.11 Å². The van der Waals surface area contributed by atoms with Crippen molar-refractivity contribution < 1.29 is 5.11 Å². The average Bonchev–Trinajstić information content (AvgIpc) is 3.56. The monoisotopic (exact) mass is 458 g/mol. The van der Waals surface area contributed by atoms with Gasteiger partial charge in [-0.05, 0) is 62.4 Å². The summed E-state index contributed by atoms with van der Waals surface area (Å²) in [4.78, 5) is 9.22. The molecule has 0 spiro atoms. The lowest BCUT2D eigenvalue weighted by atomic mass is 9.99. The molecule has 0 amide bonds. The van der Waals surface area contributed by atoms with Gasteiger partial charge in [-0.3, -0.25) is 4.98 Å². The van der Waals surface area contributed by atoms with Crippen LogP contribution in [0.25, 0.3) is 28.2 Å². The number of anilines is 1. The van der Waals surface area contributed by atoms with Crippen molar-refractivity contribution in [1.29, 1.82) is 0 Å². The van der Waals surface area contributed by atoms with E-state index in [1.54, 1.807) is 26.2 Å². The number of hydrogen-bond donors (Lipinski definition) is 3. The molecular formula is C25H26N6OS. The first-order chi connectivity index (χ1) is 15.8. The first-order valence-corrected chi connectivity index (χ1v) is 11.4. The Morgan fingerprint density at radius 1 is 1.18 bits per heavy atom. The minimum absolute atomic E-state index is 0.374. The van der Waals surface area contributed by atoms with Gasteiger partial charge in [-0.1, -0.05) is 24.4 Å². The number of imidazole rings is 1. The number of thiocarbonyl (C=S) groups is 1. The van der Waals surface area contributed by atoms with Gasteiger partial charge in [0, 0.05) is 35.6 Å². The molecular weight excluding hydrogens is 432 g/mol. The first-order valence-electron chi connectivity index (χ1n) is 11.0. The molecule has 8 heteroatoms. The number of benzene rings is 1. The van der Waals surface area contributed by atoms with Gasteiger partial charge in [-0.25, -0.2) is 9.50 Å². The van der Waals surface area contributed by atoms with Crippen LogP contribution in [0.4, 0.5) is 5.69 Å². The van der Waals surface area contributed by atoms with E-state index in [2.05, 4.69) is 21.4 Å². The predicted molar refractivity (Wildman–Crippen MR) is 134 cm³/mol. The Balaban J connectivity index is 1.66. The van der Waals surface area contributed by atoms with Gasteiger partial charge in [-0.15, -0.1) is 0 Å². The molecule has 1 aromatic carbocycles. The highest BCUT2D eigenvalue weighted by Gasteiger charge is 2.27. The fourth-order valence-corrected chi connectivity index (χ4v) is 4.14. The second-order valence-electron chi connectivity index (χ2n) is 9.16. The number of nitrogens with zero attached hydrogens (tertiary/aromatic N) is 4. The summed E-state index contributed by atoms with van der Waals surface area (Å²) in [6.45, 7) is 3.91. The normalized spacial score (nSPS) is 13.9. The number of aliphatic hydroxyl groups is 1. The highest BCUT2D eigenvalue weighted by Crippen LogP contribution is 2.43. The van der Waals surface area contributed by atoms with Crippen LogP contribution in [0.1, 0.15) is 43.7 Å². The summed E-state index contributed by atoms with van der Waals surface area (Å²) < 4.78 is 1.86. The molecule has 1 fully saturated rings. The van der Waals surface area contributed by atoms with Crippen LogP contribution in [0.15, 0.2) is 55.0 Å². The highest BCUT2D eigenvalue weighted by molar-refractivity contribution is 7.80. The molecule has 3 aromatic heterocycles. The number of aromatic nitrogens is 4. The third-order valence-corrected chi connectivity index (χ3v) is 6.01. The zero-order valence-corrected chi connectivity index (χ0v) is 19.4. The molecule has 0 atom stereocenters. The van der Waals surface area contributed by atoms with Gasteiger partial charge in [0.25, 0.3) is 0 Å². The van der Waals surface area contributed by atoms with Crippen LogP contribution in [0.3, 0.4) is 0 Å². The lowest BCUT2D eigenvalue weighted by molar-refractivity contribution is 0.0945. The molecule has 0 unspecified atom stereocenters. The molecule has 168 valence electrons. The van der Waals surface area contributed by atoms with Crippen LogP contribution in [-0.2, 0) is 0 Å². The molecule has 1 aliphatic carbocycles. The molecule has 4 aromatic rings.